The molecule has 1 aromatic carbocycles. The van der Waals surface area contributed by atoms with Crippen LogP contribution in [0.3, 0.4) is 0 Å². The zero-order valence-corrected chi connectivity index (χ0v) is 16.5. The van der Waals surface area contributed by atoms with Gasteiger partial charge in [0.1, 0.15) is 5.75 Å². The number of carbonyl (C=O) groups is 2. The molecule has 1 heterocycles. The quantitative estimate of drug-likeness (QED) is 0.499. The van der Waals surface area contributed by atoms with Gasteiger partial charge in [-0.05, 0) is 68.5 Å². The molecule has 0 amide bonds. The summed E-state index contributed by atoms with van der Waals surface area (Å²) >= 11 is 0. The summed E-state index contributed by atoms with van der Waals surface area (Å²) in [4.78, 5) is 22.1. The van der Waals surface area contributed by atoms with Crippen molar-refractivity contribution in [2.45, 2.75) is 62.2 Å². The number of hydrogen-bond donors (Lipinski definition) is 5. The highest BCUT2D eigenvalue weighted by Gasteiger charge is 2.53. The van der Waals surface area contributed by atoms with Crippen molar-refractivity contribution in [2.75, 3.05) is 13.6 Å². The van der Waals surface area contributed by atoms with Gasteiger partial charge in [0.2, 0.25) is 0 Å². The highest BCUT2D eigenvalue weighted by atomic mass is 16.4. The third-order valence-electron chi connectivity index (χ3n) is 6.90. The Morgan fingerprint density at radius 2 is 1.76 bits per heavy atom. The molecule has 1 saturated heterocycles. The SMILES string of the molecule is CN1CC[C@]23CCCC[C@@H]2[C@H]1Cc1ccc(O)cc13.O=C(O)[C@@H](O)[C@@H](O)C(=O)O. The van der Waals surface area contributed by atoms with Crippen LogP contribution in [0.2, 0.25) is 0 Å². The van der Waals surface area contributed by atoms with Crippen LogP contribution in [-0.4, -0.2) is 74.2 Å². The second-order valence-corrected chi connectivity index (χ2v) is 8.42. The number of aliphatic hydroxyl groups is 2. The monoisotopic (exact) mass is 407 g/mol. The lowest BCUT2D eigenvalue weighted by atomic mass is 9.52. The molecule has 2 aliphatic carbocycles. The van der Waals surface area contributed by atoms with Gasteiger partial charge in [0.25, 0.3) is 0 Å². The van der Waals surface area contributed by atoms with Gasteiger partial charge in [-0.3, -0.25) is 0 Å². The molecule has 2 fully saturated rings. The molecule has 1 aromatic rings. The molecule has 5 N–H and O–H groups in total. The number of benzene rings is 1. The van der Waals surface area contributed by atoms with Crippen LogP contribution in [0.1, 0.15) is 43.2 Å². The van der Waals surface area contributed by atoms with E-state index in [1.807, 2.05) is 6.07 Å². The van der Waals surface area contributed by atoms with Crippen molar-refractivity contribution in [3.05, 3.63) is 29.3 Å². The van der Waals surface area contributed by atoms with Crippen LogP contribution in [0, 0.1) is 5.92 Å². The van der Waals surface area contributed by atoms with Crippen LogP contribution >= 0.6 is 0 Å². The number of likely N-dealkylation sites (tertiary alicyclic amines) is 1. The lowest BCUT2D eigenvalue weighted by molar-refractivity contribution is -0.165. The number of phenolic OH excluding ortho intramolecular Hbond substituents is 1. The van der Waals surface area contributed by atoms with Gasteiger partial charge in [-0.1, -0.05) is 18.9 Å². The Morgan fingerprint density at radius 3 is 2.38 bits per heavy atom. The molecule has 0 spiro atoms. The highest BCUT2D eigenvalue weighted by Crippen LogP contribution is 2.55. The fourth-order valence-electron chi connectivity index (χ4n) is 5.45. The Bertz CT molecular complexity index is 764. The number of carboxylic acids is 2. The van der Waals surface area contributed by atoms with Gasteiger partial charge < -0.3 is 30.4 Å². The van der Waals surface area contributed by atoms with Gasteiger partial charge in [0, 0.05) is 11.5 Å². The molecule has 8 nitrogen and oxygen atoms in total. The largest absolute Gasteiger partial charge is 0.508 e. The predicted molar refractivity (Wildman–Crippen MR) is 104 cm³/mol. The molecule has 29 heavy (non-hydrogen) atoms. The van der Waals surface area contributed by atoms with Gasteiger partial charge in [0.15, 0.2) is 12.2 Å². The van der Waals surface area contributed by atoms with E-state index in [1.54, 1.807) is 0 Å². The number of fused-ring (bicyclic) bond motifs is 1. The molecule has 5 atom stereocenters. The van der Waals surface area contributed by atoms with Crippen molar-refractivity contribution in [1.29, 1.82) is 0 Å². The highest BCUT2D eigenvalue weighted by molar-refractivity contribution is 5.83. The average molecular weight is 407 g/mol. The third kappa shape index (κ3) is 3.97. The molecule has 4 rings (SSSR count). The molecule has 2 bridgehead atoms. The number of hydrogen-bond acceptors (Lipinski definition) is 6. The normalized spacial score (nSPS) is 30.0. The standard InChI is InChI=1S/C17H23NO.C4H6O6/c1-18-9-8-17-7-3-2-4-14(17)16(18)10-12-5-6-13(19)11-15(12)17;5-1(3(7)8)2(6)4(9)10/h5-6,11,14,16,19H,2-4,7-10H2,1H3;1-2,5-6H,(H,7,8)(H,9,10)/t14-,16-,17-;1-,2+/m1./s1. The molecule has 1 aliphatic heterocycles. The van der Waals surface area contributed by atoms with Crippen LogP contribution in [0.15, 0.2) is 18.2 Å². The Labute approximate surface area is 169 Å². The zero-order valence-electron chi connectivity index (χ0n) is 16.5. The van der Waals surface area contributed by atoms with Gasteiger partial charge in [-0.2, -0.15) is 0 Å². The van der Waals surface area contributed by atoms with Gasteiger partial charge >= 0.3 is 11.9 Å². The lowest BCUT2D eigenvalue weighted by Crippen LogP contribution is -2.59. The van der Waals surface area contributed by atoms with Crippen molar-refractivity contribution < 1.29 is 35.1 Å². The minimum absolute atomic E-state index is 0.377. The number of piperidine rings is 1. The van der Waals surface area contributed by atoms with Crippen molar-refractivity contribution in [1.82, 2.24) is 4.90 Å². The van der Waals surface area contributed by atoms with E-state index in [1.165, 1.54) is 56.2 Å². The summed E-state index contributed by atoms with van der Waals surface area (Å²) in [7, 11) is 2.30. The van der Waals surface area contributed by atoms with E-state index in [4.69, 9.17) is 20.4 Å². The first-order valence-electron chi connectivity index (χ1n) is 10.0. The maximum atomic E-state index is 9.91. The Balaban J connectivity index is 0.000000207. The number of nitrogens with zero attached hydrogens (tertiary/aromatic N) is 1. The fourth-order valence-corrected chi connectivity index (χ4v) is 5.45. The number of phenols is 1. The van der Waals surface area contributed by atoms with Crippen LogP contribution in [0.25, 0.3) is 0 Å². The second-order valence-electron chi connectivity index (χ2n) is 8.42. The third-order valence-corrected chi connectivity index (χ3v) is 6.90. The van der Waals surface area contributed by atoms with Crippen molar-refractivity contribution in [2.24, 2.45) is 5.92 Å². The number of aromatic hydroxyl groups is 1. The number of aliphatic hydroxyl groups excluding tert-OH is 2. The van der Waals surface area contributed by atoms with Gasteiger partial charge in [0.05, 0.1) is 0 Å². The van der Waals surface area contributed by atoms with E-state index < -0.39 is 24.1 Å². The number of aliphatic carboxylic acids is 2. The van der Waals surface area contributed by atoms with E-state index in [0.717, 1.165) is 12.0 Å². The van der Waals surface area contributed by atoms with E-state index in [-0.39, 0.29) is 0 Å². The smallest absolute Gasteiger partial charge is 0.335 e. The number of carboxylic acid groups (broad SMARTS) is 2. The first kappa shape index (κ1) is 21.5. The van der Waals surface area contributed by atoms with Crippen molar-refractivity contribution in [3.63, 3.8) is 0 Å². The first-order chi connectivity index (χ1) is 13.7. The lowest BCUT2D eigenvalue weighted by Gasteiger charge is -2.58. The topological polar surface area (TPSA) is 139 Å². The van der Waals surface area contributed by atoms with Crippen LogP contribution in [0.4, 0.5) is 0 Å². The predicted octanol–water partition coefficient (Wildman–Crippen LogP) is 0.958. The molecule has 3 aliphatic rings. The molecular weight excluding hydrogens is 378 g/mol. The van der Waals surface area contributed by atoms with Gasteiger partial charge in [-0.15, -0.1) is 0 Å². The van der Waals surface area contributed by atoms with Gasteiger partial charge in [-0.25, -0.2) is 9.59 Å². The van der Waals surface area contributed by atoms with Crippen molar-refractivity contribution >= 4 is 11.9 Å². The Morgan fingerprint density at radius 1 is 1.10 bits per heavy atom. The minimum Gasteiger partial charge on any atom is -0.508 e. The molecule has 0 aromatic heterocycles. The van der Waals surface area contributed by atoms with Crippen LogP contribution < -0.4 is 0 Å². The molecule has 8 heteroatoms. The summed E-state index contributed by atoms with van der Waals surface area (Å²) < 4.78 is 0. The summed E-state index contributed by atoms with van der Waals surface area (Å²) in [5.74, 6) is -2.27. The zero-order chi connectivity index (χ0) is 21.3. The maximum absolute atomic E-state index is 9.91. The summed E-state index contributed by atoms with van der Waals surface area (Å²) in [6, 6.07) is 6.85. The van der Waals surface area contributed by atoms with E-state index in [0.29, 0.717) is 11.2 Å². The maximum Gasteiger partial charge on any atom is 0.335 e. The van der Waals surface area contributed by atoms with E-state index in [2.05, 4.69) is 24.1 Å². The molecular formula is C21H29NO7. The summed E-state index contributed by atoms with van der Waals surface area (Å²) in [5, 5.41) is 42.4. The average Bonchev–Trinajstić information content (AvgIpc) is 2.70. The Hall–Kier alpha value is -2.16. The number of likely N-dealkylation sites (N-methyl/N-ethyl adjacent to an activating group) is 1. The Kier molecular flexibility index (Phi) is 6.16. The molecule has 0 radical (unpaired) electrons. The van der Waals surface area contributed by atoms with Crippen LogP contribution in [0.5, 0.6) is 5.75 Å². The number of rotatable bonds is 3. The summed E-state index contributed by atoms with van der Waals surface area (Å²) in [5.41, 5.74) is 3.36. The first-order valence-corrected chi connectivity index (χ1v) is 10.0. The molecule has 160 valence electrons. The minimum atomic E-state index is -2.27. The van der Waals surface area contributed by atoms with E-state index >= 15 is 0 Å². The second kappa shape index (κ2) is 8.30. The fraction of sp³-hybridized carbons (Fsp3) is 0.619. The molecule has 0 unspecified atom stereocenters. The van der Waals surface area contributed by atoms with Crippen LogP contribution in [-0.2, 0) is 21.4 Å². The van der Waals surface area contributed by atoms with E-state index in [9.17, 15) is 14.7 Å². The summed E-state index contributed by atoms with van der Waals surface area (Å²) in [6.07, 6.45) is 3.39. The van der Waals surface area contributed by atoms with Crippen molar-refractivity contribution in [3.8, 4) is 5.75 Å². The molecule has 1 saturated carbocycles. The summed E-state index contributed by atoms with van der Waals surface area (Å²) in [6.45, 7) is 1.22.